The van der Waals surface area contributed by atoms with Gasteiger partial charge in [0.05, 0.1) is 12.2 Å². The summed E-state index contributed by atoms with van der Waals surface area (Å²) in [6, 6.07) is 7.02. The van der Waals surface area contributed by atoms with E-state index in [9.17, 15) is 4.39 Å². The summed E-state index contributed by atoms with van der Waals surface area (Å²) < 4.78 is 15.5. The number of hydrogen-bond acceptors (Lipinski definition) is 2. The van der Waals surface area contributed by atoms with Gasteiger partial charge in [0.25, 0.3) is 0 Å². The smallest absolute Gasteiger partial charge is 0.129 e. The van der Waals surface area contributed by atoms with Crippen LogP contribution in [0.4, 0.5) is 4.39 Å². The van der Waals surface area contributed by atoms with Crippen LogP contribution in [0.5, 0.6) is 0 Å². The largest absolute Gasteiger partial charge is 0.309 e. The molecule has 0 saturated carbocycles. The standard InChI is InChI=1S/C14H17ClFN3/c1-10(2)17-8-11-6-7-18-19(11)9-12-13(15)4-3-5-14(12)16/h3-7,10,17H,8-9H2,1-2H3. The quantitative estimate of drug-likeness (QED) is 0.912. The molecule has 1 heterocycles. The highest BCUT2D eigenvalue weighted by atomic mass is 35.5. The molecule has 3 nitrogen and oxygen atoms in total. The molecule has 0 aliphatic heterocycles. The Bertz CT molecular complexity index is 531. The number of nitrogens with zero attached hydrogens (tertiary/aromatic N) is 2. The van der Waals surface area contributed by atoms with Crippen molar-refractivity contribution >= 4 is 11.6 Å². The number of rotatable bonds is 5. The molecule has 0 aliphatic rings. The Hall–Kier alpha value is -1.39. The van der Waals surface area contributed by atoms with Crippen LogP contribution < -0.4 is 5.32 Å². The maximum absolute atomic E-state index is 13.7. The molecule has 0 radical (unpaired) electrons. The molecular weight excluding hydrogens is 265 g/mol. The SMILES string of the molecule is CC(C)NCc1ccnn1Cc1c(F)cccc1Cl. The third-order valence-corrected chi connectivity index (χ3v) is 3.22. The number of halogens is 2. The molecule has 1 aromatic heterocycles. The van der Waals surface area contributed by atoms with Crippen molar-refractivity contribution < 1.29 is 4.39 Å². The first-order valence-electron chi connectivity index (χ1n) is 6.25. The zero-order valence-electron chi connectivity index (χ0n) is 11.0. The summed E-state index contributed by atoms with van der Waals surface area (Å²) in [4.78, 5) is 0. The molecule has 0 unspecified atom stereocenters. The van der Waals surface area contributed by atoms with Gasteiger partial charge in [-0.3, -0.25) is 4.68 Å². The monoisotopic (exact) mass is 281 g/mol. The average molecular weight is 282 g/mol. The summed E-state index contributed by atoms with van der Waals surface area (Å²) in [5.41, 5.74) is 1.48. The van der Waals surface area contributed by atoms with Crippen LogP contribution in [0, 0.1) is 5.82 Å². The Kier molecular flexibility index (Phi) is 4.56. The van der Waals surface area contributed by atoms with Crippen LogP contribution in [-0.2, 0) is 13.1 Å². The predicted octanol–water partition coefficient (Wildman–Crippen LogP) is 3.22. The van der Waals surface area contributed by atoms with Crippen molar-refractivity contribution in [3.8, 4) is 0 Å². The molecule has 19 heavy (non-hydrogen) atoms. The van der Waals surface area contributed by atoms with Crippen molar-refractivity contribution in [2.24, 2.45) is 0 Å². The first kappa shape index (κ1) is 14.0. The normalized spacial score (nSPS) is 11.2. The first-order chi connectivity index (χ1) is 9.08. The molecule has 0 saturated heterocycles. The molecule has 5 heteroatoms. The molecule has 0 aliphatic carbocycles. The Balaban J connectivity index is 2.17. The molecule has 1 N–H and O–H groups in total. The lowest BCUT2D eigenvalue weighted by Gasteiger charge is -2.12. The van der Waals surface area contributed by atoms with Crippen LogP contribution in [-0.4, -0.2) is 15.8 Å². The third-order valence-electron chi connectivity index (χ3n) is 2.87. The van der Waals surface area contributed by atoms with Gasteiger partial charge in [0.15, 0.2) is 0 Å². The summed E-state index contributed by atoms with van der Waals surface area (Å²) in [7, 11) is 0. The summed E-state index contributed by atoms with van der Waals surface area (Å²) in [5, 5.41) is 7.97. The van der Waals surface area contributed by atoms with E-state index in [0.29, 0.717) is 29.7 Å². The zero-order valence-corrected chi connectivity index (χ0v) is 11.8. The van der Waals surface area contributed by atoms with Gasteiger partial charge < -0.3 is 5.32 Å². The van der Waals surface area contributed by atoms with Gasteiger partial charge in [0, 0.05) is 29.4 Å². The van der Waals surface area contributed by atoms with Crippen LogP contribution in [0.15, 0.2) is 30.5 Å². The van der Waals surface area contributed by atoms with E-state index in [4.69, 9.17) is 11.6 Å². The van der Waals surface area contributed by atoms with Crippen molar-refractivity contribution in [3.05, 3.63) is 52.6 Å². The predicted molar refractivity (Wildman–Crippen MR) is 74.7 cm³/mol. The van der Waals surface area contributed by atoms with Gasteiger partial charge in [0.2, 0.25) is 0 Å². The number of nitrogens with one attached hydrogen (secondary N) is 1. The maximum Gasteiger partial charge on any atom is 0.129 e. The first-order valence-corrected chi connectivity index (χ1v) is 6.62. The third kappa shape index (κ3) is 3.55. The Morgan fingerprint density at radius 1 is 1.37 bits per heavy atom. The number of aromatic nitrogens is 2. The van der Waals surface area contributed by atoms with Crippen molar-refractivity contribution in [2.45, 2.75) is 33.0 Å². The maximum atomic E-state index is 13.7. The van der Waals surface area contributed by atoms with Gasteiger partial charge in [-0.2, -0.15) is 5.10 Å². The lowest BCUT2D eigenvalue weighted by molar-refractivity contribution is 0.536. The summed E-state index contributed by atoms with van der Waals surface area (Å²) in [6.07, 6.45) is 1.71. The van der Waals surface area contributed by atoms with E-state index in [2.05, 4.69) is 24.3 Å². The van der Waals surface area contributed by atoms with Crippen LogP contribution >= 0.6 is 11.6 Å². The number of hydrogen-bond donors (Lipinski definition) is 1. The molecule has 0 spiro atoms. The average Bonchev–Trinajstić information content (AvgIpc) is 2.79. The molecule has 2 aromatic rings. The summed E-state index contributed by atoms with van der Waals surface area (Å²) in [5.74, 6) is -0.300. The van der Waals surface area contributed by atoms with E-state index in [1.54, 1.807) is 23.0 Å². The lowest BCUT2D eigenvalue weighted by Crippen LogP contribution is -2.24. The molecule has 1 aromatic carbocycles. The highest BCUT2D eigenvalue weighted by Gasteiger charge is 2.10. The fourth-order valence-corrected chi connectivity index (χ4v) is 2.02. The molecule has 0 fully saturated rings. The molecular formula is C14H17ClFN3. The van der Waals surface area contributed by atoms with E-state index >= 15 is 0 Å². The van der Waals surface area contributed by atoms with Gasteiger partial charge in [-0.1, -0.05) is 31.5 Å². The fourth-order valence-electron chi connectivity index (χ4n) is 1.79. The Morgan fingerprint density at radius 3 is 2.84 bits per heavy atom. The van der Waals surface area contributed by atoms with Crippen molar-refractivity contribution in [3.63, 3.8) is 0 Å². The number of benzene rings is 1. The summed E-state index contributed by atoms with van der Waals surface area (Å²) in [6.45, 7) is 5.19. The van der Waals surface area contributed by atoms with E-state index in [1.807, 2.05) is 6.07 Å². The van der Waals surface area contributed by atoms with Crippen molar-refractivity contribution in [2.75, 3.05) is 0 Å². The van der Waals surface area contributed by atoms with E-state index in [-0.39, 0.29) is 5.82 Å². The topological polar surface area (TPSA) is 29.9 Å². The molecule has 0 atom stereocenters. The second-order valence-corrected chi connectivity index (χ2v) is 5.12. The van der Waals surface area contributed by atoms with Crippen LogP contribution in [0.3, 0.4) is 0 Å². The highest BCUT2D eigenvalue weighted by Crippen LogP contribution is 2.20. The van der Waals surface area contributed by atoms with Gasteiger partial charge in [-0.25, -0.2) is 4.39 Å². The van der Waals surface area contributed by atoms with Gasteiger partial charge in [-0.05, 0) is 18.2 Å². The second-order valence-electron chi connectivity index (χ2n) is 4.72. The molecule has 2 rings (SSSR count). The molecule has 102 valence electrons. The minimum atomic E-state index is -0.300. The van der Waals surface area contributed by atoms with Gasteiger partial charge in [0.1, 0.15) is 5.82 Å². The highest BCUT2D eigenvalue weighted by molar-refractivity contribution is 6.31. The van der Waals surface area contributed by atoms with E-state index in [1.165, 1.54) is 6.07 Å². The Labute approximate surface area is 117 Å². The van der Waals surface area contributed by atoms with Crippen LogP contribution in [0.2, 0.25) is 5.02 Å². The van der Waals surface area contributed by atoms with E-state index in [0.717, 1.165) is 5.69 Å². The summed E-state index contributed by atoms with van der Waals surface area (Å²) >= 11 is 6.03. The van der Waals surface area contributed by atoms with E-state index < -0.39 is 0 Å². The minimum Gasteiger partial charge on any atom is -0.309 e. The second kappa shape index (κ2) is 6.17. The van der Waals surface area contributed by atoms with Crippen molar-refractivity contribution in [1.29, 1.82) is 0 Å². The Morgan fingerprint density at radius 2 is 2.16 bits per heavy atom. The lowest BCUT2D eigenvalue weighted by atomic mass is 10.2. The van der Waals surface area contributed by atoms with Crippen molar-refractivity contribution in [1.82, 2.24) is 15.1 Å². The minimum absolute atomic E-state index is 0.300. The van der Waals surface area contributed by atoms with Crippen LogP contribution in [0.25, 0.3) is 0 Å². The molecule has 0 amide bonds. The van der Waals surface area contributed by atoms with Gasteiger partial charge in [-0.15, -0.1) is 0 Å². The van der Waals surface area contributed by atoms with Gasteiger partial charge >= 0.3 is 0 Å². The van der Waals surface area contributed by atoms with Crippen LogP contribution in [0.1, 0.15) is 25.1 Å². The zero-order chi connectivity index (χ0) is 13.8. The fraction of sp³-hybridized carbons (Fsp3) is 0.357. The molecule has 0 bridgehead atoms.